The van der Waals surface area contributed by atoms with Crippen molar-refractivity contribution in [2.75, 3.05) is 0 Å². The molecule has 0 atom stereocenters. The van der Waals surface area contributed by atoms with Gasteiger partial charge in [-0.05, 0) is 24.0 Å². The first-order valence-electron chi connectivity index (χ1n) is 6.95. The Balaban J connectivity index is 2.36. The number of hydrogen-bond donors (Lipinski definition) is 2. The van der Waals surface area contributed by atoms with Gasteiger partial charge in [0.25, 0.3) is 0 Å². The Bertz CT molecular complexity index is 784. The Kier molecular flexibility index (Phi) is 2.58. The molecular weight excluding hydrogens is 268 g/mol. The lowest BCUT2D eigenvalue weighted by atomic mass is 9.63. The summed E-state index contributed by atoms with van der Waals surface area (Å²) in [5.74, 6) is -1.00. The third-order valence-electron chi connectivity index (χ3n) is 4.26. The molecule has 0 saturated heterocycles. The van der Waals surface area contributed by atoms with Crippen molar-refractivity contribution >= 4 is 22.8 Å². The summed E-state index contributed by atoms with van der Waals surface area (Å²) in [6.45, 7) is 8.04. The standard InChI is InChI=1S/C16H18N2O3/c1-15(2)7-16(3,4)13(19)12-10(15)11-8(17-12)5-6-9(18-11)14(20)21/h5-6,17H,7H2,1-4H3,(H,20,21). The number of carboxylic acids is 1. The van der Waals surface area contributed by atoms with Crippen molar-refractivity contribution in [1.82, 2.24) is 9.97 Å². The van der Waals surface area contributed by atoms with E-state index in [1.165, 1.54) is 6.07 Å². The lowest BCUT2D eigenvalue weighted by molar-refractivity contribution is 0.0690. The first kappa shape index (κ1) is 13.8. The van der Waals surface area contributed by atoms with Crippen LogP contribution in [-0.4, -0.2) is 26.8 Å². The Morgan fingerprint density at radius 1 is 1.24 bits per heavy atom. The lowest BCUT2D eigenvalue weighted by Crippen LogP contribution is -2.39. The van der Waals surface area contributed by atoms with E-state index in [4.69, 9.17) is 5.11 Å². The number of aromatic carboxylic acids is 1. The summed E-state index contributed by atoms with van der Waals surface area (Å²) in [6, 6.07) is 3.13. The van der Waals surface area contributed by atoms with E-state index in [1.54, 1.807) is 6.07 Å². The van der Waals surface area contributed by atoms with E-state index >= 15 is 0 Å². The largest absolute Gasteiger partial charge is 0.477 e. The van der Waals surface area contributed by atoms with Gasteiger partial charge in [0.2, 0.25) is 0 Å². The second kappa shape index (κ2) is 3.93. The van der Waals surface area contributed by atoms with Crippen LogP contribution in [0.4, 0.5) is 0 Å². The summed E-state index contributed by atoms with van der Waals surface area (Å²) in [7, 11) is 0. The maximum atomic E-state index is 12.6. The molecule has 0 fully saturated rings. The number of nitrogens with zero attached hydrogens (tertiary/aromatic N) is 1. The smallest absolute Gasteiger partial charge is 0.354 e. The maximum absolute atomic E-state index is 12.6. The number of aromatic nitrogens is 2. The molecule has 2 N–H and O–H groups in total. The summed E-state index contributed by atoms with van der Waals surface area (Å²) in [4.78, 5) is 31.1. The van der Waals surface area contributed by atoms with Gasteiger partial charge in [-0.25, -0.2) is 9.78 Å². The van der Waals surface area contributed by atoms with Crippen molar-refractivity contribution in [1.29, 1.82) is 0 Å². The highest BCUT2D eigenvalue weighted by atomic mass is 16.4. The molecule has 2 aromatic rings. The van der Waals surface area contributed by atoms with Crippen LogP contribution >= 0.6 is 0 Å². The number of pyridine rings is 1. The number of rotatable bonds is 1. The predicted molar refractivity (Wildman–Crippen MR) is 78.8 cm³/mol. The molecule has 3 rings (SSSR count). The van der Waals surface area contributed by atoms with Gasteiger partial charge in [-0.2, -0.15) is 0 Å². The number of carbonyl (C=O) groups excluding carboxylic acids is 1. The fraction of sp³-hybridized carbons (Fsp3) is 0.438. The van der Waals surface area contributed by atoms with Crippen LogP contribution in [0.25, 0.3) is 11.0 Å². The monoisotopic (exact) mass is 286 g/mol. The minimum Gasteiger partial charge on any atom is -0.477 e. The van der Waals surface area contributed by atoms with Crippen molar-refractivity contribution in [3.05, 3.63) is 29.1 Å². The molecule has 0 saturated carbocycles. The van der Waals surface area contributed by atoms with E-state index in [0.29, 0.717) is 23.1 Å². The topological polar surface area (TPSA) is 83.1 Å². The molecule has 0 unspecified atom stereocenters. The van der Waals surface area contributed by atoms with Gasteiger partial charge in [0.05, 0.1) is 16.7 Å². The number of carboxylic acid groups (broad SMARTS) is 1. The minimum absolute atomic E-state index is 0.00242. The average Bonchev–Trinajstić information content (AvgIpc) is 2.74. The Morgan fingerprint density at radius 3 is 2.52 bits per heavy atom. The summed E-state index contributed by atoms with van der Waals surface area (Å²) < 4.78 is 0. The molecule has 0 radical (unpaired) electrons. The number of fused-ring (bicyclic) bond motifs is 3. The number of ketones is 1. The normalized spacial score (nSPS) is 19.5. The third kappa shape index (κ3) is 1.87. The van der Waals surface area contributed by atoms with Crippen LogP contribution in [0.2, 0.25) is 0 Å². The maximum Gasteiger partial charge on any atom is 0.354 e. The van der Waals surface area contributed by atoms with Crippen molar-refractivity contribution in [2.45, 2.75) is 39.5 Å². The van der Waals surface area contributed by atoms with Crippen LogP contribution < -0.4 is 0 Å². The predicted octanol–water partition coefficient (Wildman–Crippen LogP) is 3.15. The molecular formula is C16H18N2O3. The number of carbonyl (C=O) groups is 2. The van der Waals surface area contributed by atoms with Gasteiger partial charge in [0, 0.05) is 11.0 Å². The lowest BCUT2D eigenvalue weighted by Gasteiger charge is -2.39. The molecule has 1 aliphatic carbocycles. The van der Waals surface area contributed by atoms with Crippen LogP contribution in [0.1, 0.15) is 60.7 Å². The van der Waals surface area contributed by atoms with Crippen LogP contribution in [-0.2, 0) is 5.41 Å². The molecule has 0 amide bonds. The van der Waals surface area contributed by atoms with Crippen LogP contribution in [0.3, 0.4) is 0 Å². The summed E-state index contributed by atoms with van der Waals surface area (Å²) in [5, 5.41) is 9.11. The molecule has 0 bridgehead atoms. The van der Waals surface area contributed by atoms with Crippen molar-refractivity contribution in [2.24, 2.45) is 5.41 Å². The van der Waals surface area contributed by atoms with Crippen molar-refractivity contribution in [3.8, 4) is 0 Å². The quantitative estimate of drug-likeness (QED) is 0.843. The van der Waals surface area contributed by atoms with Crippen molar-refractivity contribution < 1.29 is 14.7 Å². The van der Waals surface area contributed by atoms with Gasteiger partial charge >= 0.3 is 5.97 Å². The second-order valence-electron chi connectivity index (χ2n) is 7.05. The SMILES string of the molecule is CC1(C)CC(C)(C)c2c([nH]c3ccc(C(=O)O)nc23)C1=O. The van der Waals surface area contributed by atoms with E-state index in [0.717, 1.165) is 5.56 Å². The molecule has 1 aliphatic rings. The van der Waals surface area contributed by atoms with Gasteiger partial charge in [-0.15, -0.1) is 0 Å². The molecule has 0 aliphatic heterocycles. The van der Waals surface area contributed by atoms with E-state index in [2.05, 4.69) is 23.8 Å². The molecule has 0 aromatic carbocycles. The van der Waals surface area contributed by atoms with Gasteiger partial charge in [0.15, 0.2) is 5.78 Å². The molecule has 5 nitrogen and oxygen atoms in total. The molecule has 2 aromatic heterocycles. The van der Waals surface area contributed by atoms with Gasteiger partial charge in [-0.3, -0.25) is 4.79 Å². The highest BCUT2D eigenvalue weighted by molar-refractivity contribution is 6.06. The molecule has 2 heterocycles. The second-order valence-corrected chi connectivity index (χ2v) is 7.05. The Hall–Kier alpha value is -2.17. The highest BCUT2D eigenvalue weighted by Crippen LogP contribution is 2.47. The van der Waals surface area contributed by atoms with E-state index < -0.39 is 11.4 Å². The Morgan fingerprint density at radius 2 is 1.90 bits per heavy atom. The zero-order valence-corrected chi connectivity index (χ0v) is 12.6. The molecule has 21 heavy (non-hydrogen) atoms. The number of hydrogen-bond acceptors (Lipinski definition) is 3. The summed E-state index contributed by atoms with van der Waals surface area (Å²) >= 11 is 0. The van der Waals surface area contributed by atoms with E-state index in [-0.39, 0.29) is 16.9 Å². The van der Waals surface area contributed by atoms with Gasteiger partial charge in [-0.1, -0.05) is 27.7 Å². The highest BCUT2D eigenvalue weighted by Gasteiger charge is 2.46. The molecule has 5 heteroatoms. The number of nitrogens with one attached hydrogen (secondary N) is 1. The zero-order chi connectivity index (χ0) is 15.6. The zero-order valence-electron chi connectivity index (χ0n) is 12.6. The van der Waals surface area contributed by atoms with Gasteiger partial charge < -0.3 is 10.1 Å². The first-order chi connectivity index (χ1) is 9.63. The summed E-state index contributed by atoms with van der Waals surface area (Å²) in [6.07, 6.45) is 0.706. The number of Topliss-reactive ketones (excluding diaryl/α,β-unsaturated/α-hetero) is 1. The Labute approximate surface area is 122 Å². The summed E-state index contributed by atoms with van der Waals surface area (Å²) in [5.41, 5.74) is 2.04. The van der Waals surface area contributed by atoms with Crippen LogP contribution in [0.15, 0.2) is 12.1 Å². The minimum atomic E-state index is -1.06. The first-order valence-corrected chi connectivity index (χ1v) is 6.95. The van der Waals surface area contributed by atoms with E-state index in [1.807, 2.05) is 13.8 Å². The van der Waals surface area contributed by atoms with Crippen LogP contribution in [0, 0.1) is 5.41 Å². The fourth-order valence-electron chi connectivity index (χ4n) is 3.63. The molecule has 0 spiro atoms. The van der Waals surface area contributed by atoms with Crippen molar-refractivity contribution in [3.63, 3.8) is 0 Å². The van der Waals surface area contributed by atoms with Gasteiger partial charge in [0.1, 0.15) is 5.69 Å². The number of aromatic amines is 1. The average molecular weight is 286 g/mol. The fourth-order valence-corrected chi connectivity index (χ4v) is 3.63. The third-order valence-corrected chi connectivity index (χ3v) is 4.26. The number of H-pyrrole nitrogens is 1. The molecule has 110 valence electrons. The van der Waals surface area contributed by atoms with E-state index in [9.17, 15) is 9.59 Å². The van der Waals surface area contributed by atoms with Crippen LogP contribution in [0.5, 0.6) is 0 Å².